The monoisotopic (exact) mass is 228 g/mol. The number of ether oxygens (including phenoxy) is 1. The molecule has 0 bridgehead atoms. The summed E-state index contributed by atoms with van der Waals surface area (Å²) in [6, 6.07) is 1.88. The van der Waals surface area contributed by atoms with Gasteiger partial charge in [0.1, 0.15) is 0 Å². The molecule has 1 rings (SSSR count). The van der Waals surface area contributed by atoms with Gasteiger partial charge in [-0.15, -0.1) is 0 Å². The second-order valence-corrected chi connectivity index (χ2v) is 5.13. The van der Waals surface area contributed by atoms with E-state index in [-0.39, 0.29) is 0 Å². The number of nitrogens with one attached hydrogen (secondary N) is 2. The molecule has 0 amide bonds. The van der Waals surface area contributed by atoms with Crippen molar-refractivity contribution in [2.75, 3.05) is 20.3 Å². The molecule has 1 saturated heterocycles. The highest BCUT2D eigenvalue weighted by atomic mass is 16.5. The fraction of sp³-hybridized carbons (Fsp3) is 1.00. The van der Waals surface area contributed by atoms with Crippen molar-refractivity contribution in [3.8, 4) is 0 Å². The van der Waals surface area contributed by atoms with Crippen LogP contribution in [0.1, 0.15) is 46.0 Å². The minimum Gasteiger partial charge on any atom is -0.385 e. The third-order valence-corrected chi connectivity index (χ3v) is 3.37. The largest absolute Gasteiger partial charge is 0.385 e. The van der Waals surface area contributed by atoms with Crippen molar-refractivity contribution in [1.29, 1.82) is 0 Å². The Morgan fingerprint density at radius 3 is 2.75 bits per heavy atom. The van der Waals surface area contributed by atoms with Gasteiger partial charge in [0.05, 0.1) is 0 Å². The lowest BCUT2D eigenvalue weighted by atomic mass is 9.98. The number of rotatable bonds is 7. The maximum Gasteiger partial charge on any atom is 0.0476 e. The molecular weight excluding hydrogens is 200 g/mol. The highest BCUT2D eigenvalue weighted by Gasteiger charge is 2.16. The van der Waals surface area contributed by atoms with Crippen LogP contribution in [0.2, 0.25) is 0 Å². The van der Waals surface area contributed by atoms with E-state index in [1.54, 1.807) is 7.11 Å². The van der Waals surface area contributed by atoms with Gasteiger partial charge in [0.2, 0.25) is 0 Å². The molecule has 96 valence electrons. The average molecular weight is 228 g/mol. The fourth-order valence-corrected chi connectivity index (χ4v) is 2.48. The first kappa shape index (κ1) is 13.9. The summed E-state index contributed by atoms with van der Waals surface area (Å²) >= 11 is 0. The van der Waals surface area contributed by atoms with Crippen LogP contribution in [0, 0.1) is 0 Å². The molecule has 3 heteroatoms. The normalized spacial score (nSPS) is 25.3. The van der Waals surface area contributed by atoms with Gasteiger partial charge in [-0.3, -0.25) is 0 Å². The fourth-order valence-electron chi connectivity index (χ4n) is 2.48. The Bertz CT molecular complexity index is 169. The van der Waals surface area contributed by atoms with Crippen LogP contribution < -0.4 is 10.6 Å². The predicted molar refractivity (Wildman–Crippen MR) is 68.8 cm³/mol. The lowest BCUT2D eigenvalue weighted by Crippen LogP contribution is -2.42. The molecule has 0 aromatic heterocycles. The molecule has 3 unspecified atom stereocenters. The van der Waals surface area contributed by atoms with E-state index in [9.17, 15) is 0 Å². The number of methoxy groups -OCH3 is 1. The second-order valence-electron chi connectivity index (χ2n) is 5.13. The van der Waals surface area contributed by atoms with Gasteiger partial charge in [-0.2, -0.15) is 0 Å². The van der Waals surface area contributed by atoms with E-state index in [0.29, 0.717) is 12.1 Å². The number of hydrogen-bond acceptors (Lipinski definition) is 3. The van der Waals surface area contributed by atoms with E-state index >= 15 is 0 Å². The van der Waals surface area contributed by atoms with Crippen LogP contribution >= 0.6 is 0 Å². The zero-order valence-corrected chi connectivity index (χ0v) is 11.1. The van der Waals surface area contributed by atoms with Gasteiger partial charge in [-0.1, -0.05) is 6.42 Å². The molecule has 0 aromatic rings. The first-order valence-corrected chi connectivity index (χ1v) is 6.70. The molecule has 3 atom stereocenters. The van der Waals surface area contributed by atoms with E-state index in [4.69, 9.17) is 4.74 Å². The maximum atomic E-state index is 5.09. The molecule has 3 nitrogen and oxygen atoms in total. The van der Waals surface area contributed by atoms with Crippen molar-refractivity contribution in [3.05, 3.63) is 0 Å². The summed E-state index contributed by atoms with van der Waals surface area (Å²) in [6.07, 6.45) is 6.43. The van der Waals surface area contributed by atoms with Crippen LogP contribution in [0.25, 0.3) is 0 Å². The summed E-state index contributed by atoms with van der Waals surface area (Å²) in [5, 5.41) is 7.24. The molecule has 1 aliphatic heterocycles. The lowest BCUT2D eigenvalue weighted by molar-refractivity contribution is 0.182. The zero-order chi connectivity index (χ0) is 11.8. The summed E-state index contributed by atoms with van der Waals surface area (Å²) in [5.74, 6) is 0. The Balaban J connectivity index is 2.11. The average Bonchev–Trinajstić information content (AvgIpc) is 2.27. The molecule has 1 fully saturated rings. The van der Waals surface area contributed by atoms with Gasteiger partial charge in [0, 0.05) is 31.8 Å². The minimum absolute atomic E-state index is 0.554. The molecule has 16 heavy (non-hydrogen) atoms. The lowest BCUT2D eigenvalue weighted by Gasteiger charge is -2.28. The highest BCUT2D eigenvalue weighted by Crippen LogP contribution is 2.12. The SMILES string of the molecule is COCCC(C)NC(C)CC1CCCCN1. The van der Waals surface area contributed by atoms with Gasteiger partial charge in [0.15, 0.2) is 0 Å². The Hall–Kier alpha value is -0.120. The van der Waals surface area contributed by atoms with Crippen molar-refractivity contribution in [1.82, 2.24) is 10.6 Å². The first-order valence-electron chi connectivity index (χ1n) is 6.70. The topological polar surface area (TPSA) is 33.3 Å². The van der Waals surface area contributed by atoms with Crippen molar-refractivity contribution in [2.24, 2.45) is 0 Å². The second kappa shape index (κ2) is 8.04. The Morgan fingerprint density at radius 1 is 1.31 bits per heavy atom. The van der Waals surface area contributed by atoms with E-state index in [0.717, 1.165) is 19.1 Å². The highest BCUT2D eigenvalue weighted by molar-refractivity contribution is 4.78. The molecule has 0 aliphatic carbocycles. The van der Waals surface area contributed by atoms with Gasteiger partial charge in [0.25, 0.3) is 0 Å². The van der Waals surface area contributed by atoms with Crippen LogP contribution in [-0.4, -0.2) is 38.4 Å². The Morgan fingerprint density at radius 2 is 2.12 bits per heavy atom. The van der Waals surface area contributed by atoms with E-state index < -0.39 is 0 Å². The van der Waals surface area contributed by atoms with Gasteiger partial charge in [-0.25, -0.2) is 0 Å². The van der Waals surface area contributed by atoms with E-state index in [2.05, 4.69) is 24.5 Å². The first-order chi connectivity index (χ1) is 7.72. The number of hydrogen-bond donors (Lipinski definition) is 2. The van der Waals surface area contributed by atoms with Gasteiger partial charge < -0.3 is 15.4 Å². The maximum absolute atomic E-state index is 5.09. The van der Waals surface area contributed by atoms with Crippen molar-refractivity contribution in [3.63, 3.8) is 0 Å². The minimum atomic E-state index is 0.554. The molecule has 2 N–H and O–H groups in total. The molecule has 0 spiro atoms. The molecule has 0 radical (unpaired) electrons. The summed E-state index contributed by atoms with van der Waals surface area (Å²) in [7, 11) is 1.77. The Labute approximate surface area is 100 Å². The van der Waals surface area contributed by atoms with Gasteiger partial charge >= 0.3 is 0 Å². The molecule has 1 aliphatic rings. The van der Waals surface area contributed by atoms with Crippen molar-refractivity contribution in [2.45, 2.75) is 64.1 Å². The zero-order valence-electron chi connectivity index (χ0n) is 11.1. The summed E-state index contributed by atoms with van der Waals surface area (Å²) in [5.41, 5.74) is 0. The predicted octanol–water partition coefficient (Wildman–Crippen LogP) is 1.92. The van der Waals surface area contributed by atoms with E-state index in [1.807, 2.05) is 0 Å². The van der Waals surface area contributed by atoms with Crippen LogP contribution in [-0.2, 0) is 4.74 Å². The van der Waals surface area contributed by atoms with Crippen LogP contribution in [0.4, 0.5) is 0 Å². The standard InChI is InChI=1S/C13H28N2O/c1-11(7-9-16-3)15-12(2)10-13-6-4-5-8-14-13/h11-15H,4-10H2,1-3H3. The number of piperidine rings is 1. The van der Waals surface area contributed by atoms with Crippen LogP contribution in [0.3, 0.4) is 0 Å². The van der Waals surface area contributed by atoms with Crippen molar-refractivity contribution < 1.29 is 4.74 Å². The van der Waals surface area contributed by atoms with E-state index in [1.165, 1.54) is 32.2 Å². The van der Waals surface area contributed by atoms with Crippen LogP contribution in [0.5, 0.6) is 0 Å². The summed E-state index contributed by atoms with van der Waals surface area (Å²) in [4.78, 5) is 0. The molecular formula is C13H28N2O. The smallest absolute Gasteiger partial charge is 0.0476 e. The third kappa shape index (κ3) is 5.83. The third-order valence-electron chi connectivity index (χ3n) is 3.37. The Kier molecular flexibility index (Phi) is 7.01. The summed E-state index contributed by atoms with van der Waals surface area (Å²) < 4.78 is 5.09. The molecule has 1 heterocycles. The molecule has 0 aromatic carbocycles. The van der Waals surface area contributed by atoms with Crippen LogP contribution in [0.15, 0.2) is 0 Å². The summed E-state index contributed by atoms with van der Waals surface area (Å²) in [6.45, 7) is 6.59. The molecule has 0 saturated carbocycles. The van der Waals surface area contributed by atoms with Gasteiger partial charge in [-0.05, 0) is 46.1 Å². The van der Waals surface area contributed by atoms with Crippen molar-refractivity contribution >= 4 is 0 Å². The quantitative estimate of drug-likeness (QED) is 0.698.